The van der Waals surface area contributed by atoms with Crippen LogP contribution in [0.2, 0.25) is 0 Å². The summed E-state index contributed by atoms with van der Waals surface area (Å²) in [6, 6.07) is 1.97. The van der Waals surface area contributed by atoms with Crippen molar-refractivity contribution < 1.29 is 4.68 Å². The van der Waals surface area contributed by atoms with E-state index >= 15 is 0 Å². The quantitative estimate of drug-likeness (QED) is 0.489. The molecule has 2 rings (SSSR count). The molecule has 0 fully saturated rings. The molecule has 0 unspecified atom stereocenters. The van der Waals surface area contributed by atoms with Crippen LogP contribution < -0.4 is 4.68 Å². The van der Waals surface area contributed by atoms with E-state index in [-0.39, 0.29) is 0 Å². The van der Waals surface area contributed by atoms with E-state index in [4.69, 9.17) is 0 Å². The van der Waals surface area contributed by atoms with Crippen molar-refractivity contribution in [2.45, 2.75) is 6.92 Å². The first-order chi connectivity index (χ1) is 5.29. The summed E-state index contributed by atoms with van der Waals surface area (Å²) in [6.45, 7) is 2.04. The Hall–Kier alpha value is -1.45. The Bertz CT molecular complexity index is 390. The molecule has 11 heavy (non-hydrogen) atoms. The van der Waals surface area contributed by atoms with Crippen molar-refractivity contribution in [3.8, 4) is 0 Å². The molecule has 4 nitrogen and oxygen atoms in total. The molecule has 2 heterocycles. The zero-order valence-electron chi connectivity index (χ0n) is 6.52. The maximum absolute atomic E-state index is 4.10. The van der Waals surface area contributed by atoms with E-state index in [2.05, 4.69) is 10.2 Å². The maximum Gasteiger partial charge on any atom is 0.331 e. The minimum atomic E-state index is 1.03. The molecule has 2 aromatic rings. The minimum absolute atomic E-state index is 1.03. The molecule has 0 amide bonds. The molecule has 2 aromatic heterocycles. The average molecular weight is 149 g/mol. The molecule has 0 aromatic carbocycles. The van der Waals surface area contributed by atoms with E-state index in [1.54, 1.807) is 17.0 Å². The molecule has 4 heteroatoms. The Labute approximate surface area is 64.1 Å². The molecule has 0 aliphatic rings. The van der Waals surface area contributed by atoms with Gasteiger partial charge in [-0.15, -0.1) is 4.68 Å². The first-order valence-electron chi connectivity index (χ1n) is 3.44. The zero-order chi connectivity index (χ0) is 7.84. The number of rotatable bonds is 0. The number of nitrogens with zero attached hydrogens (tertiary/aromatic N) is 4. The molecule has 56 valence electrons. The van der Waals surface area contributed by atoms with Gasteiger partial charge in [-0.25, -0.2) is 0 Å². The van der Waals surface area contributed by atoms with E-state index in [1.165, 1.54) is 5.56 Å². The van der Waals surface area contributed by atoms with E-state index < -0.39 is 0 Å². The standard InChI is InChI=1S/C7H9N4/c1-6-3-4-8-11-5-9-10(2)7(6)11/h3-5H,1-2H3/q+1. The summed E-state index contributed by atoms with van der Waals surface area (Å²) in [4.78, 5) is 0. The number of hydrogen-bond acceptors (Lipinski definition) is 2. The zero-order valence-corrected chi connectivity index (χ0v) is 6.52. The number of fused-ring (bicyclic) bond motifs is 1. The predicted molar refractivity (Wildman–Crippen MR) is 38.9 cm³/mol. The Balaban J connectivity index is 2.96. The lowest BCUT2D eigenvalue weighted by molar-refractivity contribution is -0.704. The molecule has 0 spiro atoms. The van der Waals surface area contributed by atoms with Gasteiger partial charge in [-0.1, -0.05) is 9.61 Å². The van der Waals surface area contributed by atoms with Gasteiger partial charge in [-0.3, -0.25) is 0 Å². The summed E-state index contributed by atoms with van der Waals surface area (Å²) in [6.07, 6.45) is 3.46. The molecule has 0 bridgehead atoms. The highest BCUT2D eigenvalue weighted by Crippen LogP contribution is 1.99. The van der Waals surface area contributed by atoms with Gasteiger partial charge in [0.1, 0.15) is 7.05 Å². The Morgan fingerprint density at radius 3 is 3.09 bits per heavy atom. The lowest BCUT2D eigenvalue weighted by Gasteiger charge is -1.87. The van der Waals surface area contributed by atoms with Crippen molar-refractivity contribution in [3.05, 3.63) is 24.2 Å². The normalized spacial score (nSPS) is 10.7. The second kappa shape index (κ2) is 2.02. The van der Waals surface area contributed by atoms with Crippen molar-refractivity contribution in [2.75, 3.05) is 0 Å². The maximum atomic E-state index is 4.10. The summed E-state index contributed by atoms with van der Waals surface area (Å²) >= 11 is 0. The highest BCUT2D eigenvalue weighted by Gasteiger charge is 2.10. The molecule has 0 N–H and O–H groups in total. The molecular formula is C7H9N4+. The van der Waals surface area contributed by atoms with Crippen molar-refractivity contribution in [2.24, 2.45) is 7.05 Å². The Morgan fingerprint density at radius 1 is 1.55 bits per heavy atom. The summed E-state index contributed by atoms with van der Waals surface area (Å²) in [7, 11) is 1.91. The van der Waals surface area contributed by atoms with Gasteiger partial charge in [0.2, 0.25) is 0 Å². The van der Waals surface area contributed by atoms with Gasteiger partial charge in [0.05, 0.1) is 6.20 Å². The van der Waals surface area contributed by atoms with Gasteiger partial charge in [0, 0.05) is 5.56 Å². The van der Waals surface area contributed by atoms with E-state index in [0.717, 1.165) is 5.65 Å². The number of aromatic nitrogens is 4. The van der Waals surface area contributed by atoms with Crippen LogP contribution in [0.3, 0.4) is 0 Å². The van der Waals surface area contributed by atoms with Crippen molar-refractivity contribution in [1.29, 1.82) is 0 Å². The van der Waals surface area contributed by atoms with E-state index in [1.807, 2.05) is 24.7 Å². The van der Waals surface area contributed by atoms with Crippen LogP contribution in [0.15, 0.2) is 18.6 Å². The Kier molecular flexibility index (Phi) is 1.15. The van der Waals surface area contributed by atoms with Crippen LogP contribution in [0.5, 0.6) is 0 Å². The summed E-state index contributed by atoms with van der Waals surface area (Å²) in [5.74, 6) is 0. The topological polar surface area (TPSA) is 34.1 Å². The second-order valence-electron chi connectivity index (χ2n) is 2.54. The van der Waals surface area contributed by atoms with E-state index in [0.29, 0.717) is 0 Å². The van der Waals surface area contributed by atoms with Crippen LogP contribution in [0.25, 0.3) is 5.65 Å². The monoisotopic (exact) mass is 149 g/mol. The lowest BCUT2D eigenvalue weighted by atomic mass is 10.3. The number of aryl methyl sites for hydroxylation is 2. The summed E-state index contributed by atoms with van der Waals surface area (Å²) in [5, 5.41) is 8.17. The molecule has 0 saturated heterocycles. The summed E-state index contributed by atoms with van der Waals surface area (Å²) < 4.78 is 3.57. The van der Waals surface area contributed by atoms with Gasteiger partial charge in [-0.05, 0) is 18.1 Å². The third-order valence-corrected chi connectivity index (χ3v) is 1.73. The second-order valence-corrected chi connectivity index (χ2v) is 2.54. The first-order valence-corrected chi connectivity index (χ1v) is 3.44. The molecule has 0 radical (unpaired) electrons. The first kappa shape index (κ1) is 6.27. The van der Waals surface area contributed by atoms with Gasteiger partial charge < -0.3 is 0 Å². The van der Waals surface area contributed by atoms with Crippen LogP contribution in [-0.4, -0.2) is 14.7 Å². The van der Waals surface area contributed by atoms with Crippen LogP contribution in [-0.2, 0) is 7.05 Å². The largest absolute Gasteiger partial charge is 0.331 e. The van der Waals surface area contributed by atoms with Crippen LogP contribution >= 0.6 is 0 Å². The van der Waals surface area contributed by atoms with Crippen molar-refractivity contribution in [3.63, 3.8) is 0 Å². The fraction of sp³-hybridized carbons (Fsp3) is 0.286. The minimum Gasteiger partial charge on any atom is -0.131 e. The molecule has 0 atom stereocenters. The highest BCUT2D eigenvalue weighted by atomic mass is 15.4. The van der Waals surface area contributed by atoms with Gasteiger partial charge in [0.15, 0.2) is 0 Å². The Morgan fingerprint density at radius 2 is 2.36 bits per heavy atom. The predicted octanol–water partition coefficient (Wildman–Crippen LogP) is -0.138. The van der Waals surface area contributed by atoms with Crippen LogP contribution in [0.4, 0.5) is 0 Å². The smallest absolute Gasteiger partial charge is 0.131 e. The summed E-state index contributed by atoms with van der Waals surface area (Å²) in [5.41, 5.74) is 2.22. The average Bonchev–Trinajstić information content (AvgIpc) is 2.34. The SMILES string of the molecule is Cc1ccnn2cn[n+](C)c12. The van der Waals surface area contributed by atoms with E-state index in [9.17, 15) is 0 Å². The van der Waals surface area contributed by atoms with Crippen molar-refractivity contribution >= 4 is 5.65 Å². The van der Waals surface area contributed by atoms with Gasteiger partial charge in [0.25, 0.3) is 6.33 Å². The third-order valence-electron chi connectivity index (χ3n) is 1.73. The molecule has 0 aliphatic carbocycles. The number of hydrogen-bond donors (Lipinski definition) is 0. The lowest BCUT2D eigenvalue weighted by Crippen LogP contribution is -2.31. The van der Waals surface area contributed by atoms with Crippen LogP contribution in [0, 0.1) is 6.92 Å². The van der Waals surface area contributed by atoms with Crippen LogP contribution in [0.1, 0.15) is 5.56 Å². The fourth-order valence-corrected chi connectivity index (χ4v) is 1.20. The van der Waals surface area contributed by atoms with Gasteiger partial charge >= 0.3 is 5.65 Å². The molecular weight excluding hydrogens is 140 g/mol. The molecule has 0 saturated carbocycles. The van der Waals surface area contributed by atoms with Gasteiger partial charge in [-0.2, -0.15) is 0 Å². The third kappa shape index (κ3) is 0.790. The fourth-order valence-electron chi connectivity index (χ4n) is 1.20. The highest BCUT2D eigenvalue weighted by molar-refractivity contribution is 5.38. The molecule has 0 aliphatic heterocycles. The van der Waals surface area contributed by atoms with Crippen molar-refractivity contribution in [1.82, 2.24) is 14.7 Å².